The molecule has 0 unspecified atom stereocenters. The van der Waals surface area contributed by atoms with E-state index in [9.17, 15) is 4.39 Å². The molecule has 0 aromatic carbocycles. The number of halogens is 1. The molecule has 1 aliphatic heterocycles. The summed E-state index contributed by atoms with van der Waals surface area (Å²) in [5.41, 5.74) is 8.60. The Morgan fingerprint density at radius 3 is 2.96 bits per heavy atom. The maximum Gasteiger partial charge on any atom is 0.180 e. The first-order chi connectivity index (χ1) is 11.0. The minimum Gasteiger partial charge on any atom is -0.375 e. The third-order valence-corrected chi connectivity index (χ3v) is 5.92. The van der Waals surface area contributed by atoms with E-state index < -0.39 is 6.17 Å². The fourth-order valence-electron chi connectivity index (χ4n) is 3.05. The van der Waals surface area contributed by atoms with Crippen LogP contribution in [0.1, 0.15) is 21.9 Å². The second-order valence-corrected chi connectivity index (χ2v) is 8.22. The number of aryl methyl sites for hydroxylation is 1. The fourth-order valence-corrected chi connectivity index (χ4v) is 4.62. The predicted octanol–water partition coefficient (Wildman–Crippen LogP) is 2.53. The van der Waals surface area contributed by atoms with E-state index in [1.54, 1.807) is 11.3 Å². The van der Waals surface area contributed by atoms with Crippen molar-refractivity contribution in [2.45, 2.75) is 38.6 Å². The quantitative estimate of drug-likeness (QED) is 0.863. The molecule has 5 nitrogen and oxygen atoms in total. The van der Waals surface area contributed by atoms with Crippen LogP contribution in [0.25, 0.3) is 0 Å². The molecule has 23 heavy (non-hydrogen) atoms. The van der Waals surface area contributed by atoms with Gasteiger partial charge in [0.2, 0.25) is 0 Å². The van der Waals surface area contributed by atoms with Crippen LogP contribution in [0.2, 0.25) is 0 Å². The van der Waals surface area contributed by atoms with Gasteiger partial charge in [0.05, 0.1) is 11.2 Å². The Morgan fingerprint density at radius 1 is 1.48 bits per heavy atom. The molecule has 2 N–H and O–H groups in total. The Kier molecular flexibility index (Phi) is 5.25. The molecule has 0 aliphatic carbocycles. The van der Waals surface area contributed by atoms with Gasteiger partial charge in [-0.2, -0.15) is 0 Å². The van der Waals surface area contributed by atoms with E-state index in [0.29, 0.717) is 18.1 Å². The number of thiazole rings is 2. The number of hydrogen-bond acceptors (Lipinski definition) is 7. The van der Waals surface area contributed by atoms with Crippen molar-refractivity contribution in [2.24, 2.45) is 0 Å². The average molecular weight is 356 g/mol. The van der Waals surface area contributed by atoms with Gasteiger partial charge in [-0.15, -0.1) is 22.7 Å². The van der Waals surface area contributed by atoms with E-state index in [2.05, 4.69) is 26.8 Å². The molecule has 3 heterocycles. The van der Waals surface area contributed by atoms with Crippen LogP contribution in [0.15, 0.2) is 11.7 Å². The number of likely N-dealkylation sites (N-methyl/N-ethyl adjacent to an activating group) is 1. The maximum atomic E-state index is 13.9. The van der Waals surface area contributed by atoms with Crippen molar-refractivity contribution in [1.82, 2.24) is 19.8 Å². The van der Waals surface area contributed by atoms with Gasteiger partial charge in [-0.1, -0.05) is 0 Å². The van der Waals surface area contributed by atoms with Gasteiger partial charge in [0.1, 0.15) is 6.17 Å². The zero-order valence-corrected chi connectivity index (χ0v) is 15.0. The zero-order valence-electron chi connectivity index (χ0n) is 13.4. The zero-order chi connectivity index (χ0) is 16.4. The van der Waals surface area contributed by atoms with E-state index in [-0.39, 0.29) is 6.04 Å². The first-order valence-electron chi connectivity index (χ1n) is 7.67. The van der Waals surface area contributed by atoms with Crippen molar-refractivity contribution in [3.8, 4) is 0 Å². The highest BCUT2D eigenvalue weighted by Gasteiger charge is 2.33. The number of nitrogen functional groups attached to an aromatic ring is 1. The number of nitrogens with zero attached hydrogens (tertiary/aromatic N) is 4. The first kappa shape index (κ1) is 16.8. The standard InChI is InChI=1S/C15H22FN5S2/c1-10-14(22-9-19-10)8-21-5-11(16)3-12(21)6-20(2)7-13-4-18-15(17)23-13/h4,9,11-12H,3,5-8H2,1-2H3,(H2,17,18)/t11-,12-/m0/s1. The summed E-state index contributed by atoms with van der Waals surface area (Å²) in [6.45, 7) is 4.97. The molecule has 2 aromatic heterocycles. The van der Waals surface area contributed by atoms with Crippen LogP contribution in [0.3, 0.4) is 0 Å². The van der Waals surface area contributed by atoms with Crippen molar-refractivity contribution in [1.29, 1.82) is 0 Å². The number of nitrogens with two attached hydrogens (primary N) is 1. The Labute approximate surface area is 144 Å². The van der Waals surface area contributed by atoms with Crippen molar-refractivity contribution in [2.75, 3.05) is 25.9 Å². The van der Waals surface area contributed by atoms with Gasteiger partial charge >= 0.3 is 0 Å². The summed E-state index contributed by atoms with van der Waals surface area (Å²) in [6, 6.07) is 0.238. The van der Waals surface area contributed by atoms with Gasteiger partial charge in [-0.3, -0.25) is 9.80 Å². The number of likely N-dealkylation sites (tertiary alicyclic amines) is 1. The second kappa shape index (κ2) is 7.21. The normalized spacial score (nSPS) is 22.3. The summed E-state index contributed by atoms with van der Waals surface area (Å²) >= 11 is 3.17. The summed E-state index contributed by atoms with van der Waals surface area (Å²) in [4.78, 5) is 15.2. The lowest BCUT2D eigenvalue weighted by atomic mass is 10.2. The average Bonchev–Trinajstić information content (AvgIpc) is 3.15. The van der Waals surface area contributed by atoms with E-state index in [1.807, 2.05) is 18.6 Å². The molecule has 0 amide bonds. The minimum atomic E-state index is -0.735. The molecule has 1 saturated heterocycles. The number of hydrogen-bond donors (Lipinski definition) is 1. The highest BCUT2D eigenvalue weighted by atomic mass is 32.1. The molecule has 2 atom stereocenters. The van der Waals surface area contributed by atoms with Crippen molar-refractivity contribution >= 4 is 27.8 Å². The molecule has 0 saturated carbocycles. The second-order valence-electron chi connectivity index (χ2n) is 6.14. The third-order valence-electron chi connectivity index (χ3n) is 4.19. The van der Waals surface area contributed by atoms with Crippen molar-refractivity contribution < 1.29 is 4.39 Å². The maximum absolute atomic E-state index is 13.9. The number of rotatable bonds is 6. The number of aromatic nitrogens is 2. The third kappa shape index (κ3) is 4.26. The SMILES string of the molecule is Cc1ncsc1CN1C[C@@H](F)C[C@H]1CN(C)Cc1cnc(N)s1. The molecule has 2 aromatic rings. The highest BCUT2D eigenvalue weighted by molar-refractivity contribution is 7.15. The molecular weight excluding hydrogens is 333 g/mol. The largest absolute Gasteiger partial charge is 0.375 e. The van der Waals surface area contributed by atoms with Crippen LogP contribution in [-0.4, -0.2) is 52.1 Å². The van der Waals surface area contributed by atoms with Crippen LogP contribution in [-0.2, 0) is 13.1 Å². The molecule has 126 valence electrons. The molecule has 0 spiro atoms. The van der Waals surface area contributed by atoms with Crippen molar-refractivity contribution in [3.63, 3.8) is 0 Å². The van der Waals surface area contributed by atoms with Crippen molar-refractivity contribution in [3.05, 3.63) is 27.2 Å². The van der Waals surface area contributed by atoms with E-state index in [1.165, 1.54) is 16.2 Å². The van der Waals surface area contributed by atoms with Crippen LogP contribution in [0, 0.1) is 6.92 Å². The van der Waals surface area contributed by atoms with Gasteiger partial charge in [0, 0.05) is 48.2 Å². The summed E-state index contributed by atoms with van der Waals surface area (Å²) in [5, 5.41) is 0.598. The van der Waals surface area contributed by atoms with Gasteiger partial charge in [-0.25, -0.2) is 14.4 Å². The monoisotopic (exact) mass is 355 g/mol. The molecule has 3 rings (SSSR count). The van der Waals surface area contributed by atoms with Gasteiger partial charge in [0.25, 0.3) is 0 Å². The lowest BCUT2D eigenvalue weighted by Gasteiger charge is -2.27. The molecular formula is C15H22FN5S2. The summed E-state index contributed by atoms with van der Waals surface area (Å²) in [7, 11) is 2.07. The van der Waals surface area contributed by atoms with Crippen LogP contribution in [0.5, 0.6) is 0 Å². The van der Waals surface area contributed by atoms with Gasteiger partial charge < -0.3 is 5.73 Å². The lowest BCUT2D eigenvalue weighted by Crippen LogP contribution is -2.38. The molecule has 1 fully saturated rings. The Hall–Kier alpha value is -1.09. The fraction of sp³-hybridized carbons (Fsp3) is 0.600. The van der Waals surface area contributed by atoms with E-state index in [4.69, 9.17) is 5.73 Å². The van der Waals surface area contributed by atoms with E-state index in [0.717, 1.165) is 30.2 Å². The summed E-state index contributed by atoms with van der Waals surface area (Å²) in [6.07, 6.45) is 1.69. The Balaban J connectivity index is 1.59. The topological polar surface area (TPSA) is 58.3 Å². The van der Waals surface area contributed by atoms with Gasteiger partial charge in [0.15, 0.2) is 5.13 Å². The molecule has 1 aliphatic rings. The van der Waals surface area contributed by atoms with Gasteiger partial charge in [-0.05, 0) is 20.4 Å². The Morgan fingerprint density at radius 2 is 2.30 bits per heavy atom. The smallest absolute Gasteiger partial charge is 0.180 e. The number of alkyl halides is 1. The molecule has 0 radical (unpaired) electrons. The first-order valence-corrected chi connectivity index (χ1v) is 9.36. The minimum absolute atomic E-state index is 0.238. The Bertz CT molecular complexity index is 643. The van der Waals surface area contributed by atoms with Crippen LogP contribution >= 0.6 is 22.7 Å². The number of anilines is 1. The van der Waals surface area contributed by atoms with E-state index >= 15 is 0 Å². The lowest BCUT2D eigenvalue weighted by molar-refractivity contribution is 0.182. The van der Waals surface area contributed by atoms with Crippen LogP contribution in [0.4, 0.5) is 9.52 Å². The molecule has 8 heteroatoms. The molecule has 0 bridgehead atoms. The summed E-state index contributed by atoms with van der Waals surface area (Å²) in [5.74, 6) is 0. The highest BCUT2D eigenvalue weighted by Crippen LogP contribution is 2.26. The summed E-state index contributed by atoms with van der Waals surface area (Å²) < 4.78 is 13.9. The predicted molar refractivity (Wildman–Crippen MR) is 93.4 cm³/mol. The van der Waals surface area contributed by atoms with Crippen LogP contribution < -0.4 is 5.73 Å².